The normalized spacial score (nSPS) is 10.0. The molecule has 0 aromatic heterocycles. The molecule has 0 saturated heterocycles. The molecule has 4 nitrogen and oxygen atoms in total. The fraction of sp³-hybridized carbons (Fsp3) is 0. The Morgan fingerprint density at radius 3 is 2.44 bits per heavy atom. The molecule has 0 bridgehead atoms. The van der Waals surface area contributed by atoms with Gasteiger partial charge in [0.1, 0.15) is 0 Å². The third kappa shape index (κ3) is 1.86. The van der Waals surface area contributed by atoms with Crippen molar-refractivity contribution in [3.05, 3.63) is 58.6 Å². The second-order valence-electron chi connectivity index (χ2n) is 3.32. The van der Waals surface area contributed by atoms with Gasteiger partial charge in [-0.2, -0.15) is 0 Å². The van der Waals surface area contributed by atoms with Crippen molar-refractivity contribution in [2.24, 2.45) is 0 Å². The lowest BCUT2D eigenvalue weighted by molar-refractivity contribution is -0.384. The number of nitrogens with zero attached hydrogens (tertiary/aromatic N) is 1. The van der Waals surface area contributed by atoms with Gasteiger partial charge >= 0.3 is 0 Å². The third-order valence-corrected chi connectivity index (χ3v) is 2.29. The second-order valence-corrected chi connectivity index (χ2v) is 3.32. The number of nitrogens with two attached hydrogens (primary N) is 1. The summed E-state index contributed by atoms with van der Waals surface area (Å²) in [6.07, 6.45) is 0. The van der Waals surface area contributed by atoms with E-state index >= 15 is 0 Å². The first-order valence-electron chi connectivity index (χ1n) is 4.69. The highest BCUT2D eigenvalue weighted by molar-refractivity contribution is 5.76. The molecule has 0 aliphatic heterocycles. The first kappa shape index (κ1) is 10.2. The topological polar surface area (TPSA) is 69.2 Å². The number of benzene rings is 2. The number of non-ortho nitro benzene ring substituents is 1. The summed E-state index contributed by atoms with van der Waals surface area (Å²) >= 11 is 0. The van der Waals surface area contributed by atoms with Crippen LogP contribution in [0.5, 0.6) is 0 Å². The molecule has 0 saturated carbocycles. The van der Waals surface area contributed by atoms with E-state index in [0.29, 0.717) is 5.69 Å². The van der Waals surface area contributed by atoms with Crippen LogP contribution in [0.3, 0.4) is 0 Å². The molecule has 0 unspecified atom stereocenters. The summed E-state index contributed by atoms with van der Waals surface area (Å²) in [6.45, 7) is 0. The van der Waals surface area contributed by atoms with Crippen LogP contribution in [-0.2, 0) is 0 Å². The van der Waals surface area contributed by atoms with Crippen molar-refractivity contribution >= 4 is 11.4 Å². The first-order chi connectivity index (χ1) is 7.68. The quantitative estimate of drug-likeness (QED) is 0.473. The number of rotatable bonds is 2. The Morgan fingerprint density at radius 1 is 1.19 bits per heavy atom. The Hall–Kier alpha value is -2.36. The summed E-state index contributed by atoms with van der Waals surface area (Å²) < 4.78 is 0. The summed E-state index contributed by atoms with van der Waals surface area (Å²) in [6, 6.07) is 14.4. The van der Waals surface area contributed by atoms with Crippen LogP contribution in [0.2, 0.25) is 0 Å². The van der Waals surface area contributed by atoms with Gasteiger partial charge in [-0.3, -0.25) is 10.1 Å². The van der Waals surface area contributed by atoms with E-state index < -0.39 is 4.92 Å². The lowest BCUT2D eigenvalue weighted by Crippen LogP contribution is -1.90. The molecule has 16 heavy (non-hydrogen) atoms. The molecular weight excluding hydrogens is 204 g/mol. The van der Waals surface area contributed by atoms with Gasteiger partial charge in [0.25, 0.3) is 5.69 Å². The molecule has 0 heterocycles. The second kappa shape index (κ2) is 4.02. The van der Waals surface area contributed by atoms with Gasteiger partial charge in [0, 0.05) is 23.4 Å². The Morgan fingerprint density at radius 2 is 1.88 bits per heavy atom. The van der Waals surface area contributed by atoms with Crippen molar-refractivity contribution in [1.82, 2.24) is 0 Å². The van der Waals surface area contributed by atoms with E-state index in [-0.39, 0.29) is 5.69 Å². The molecule has 0 aliphatic carbocycles. The van der Waals surface area contributed by atoms with Gasteiger partial charge in [-0.25, -0.2) is 0 Å². The van der Waals surface area contributed by atoms with E-state index in [4.69, 9.17) is 5.73 Å². The largest absolute Gasteiger partial charge is 0.398 e. The Kier molecular flexibility index (Phi) is 2.55. The first-order valence-corrected chi connectivity index (χ1v) is 4.69. The molecule has 4 heteroatoms. The molecule has 0 aliphatic rings. The molecule has 2 rings (SSSR count). The van der Waals surface area contributed by atoms with Gasteiger partial charge in [0.2, 0.25) is 0 Å². The Bertz CT molecular complexity index is 521. The molecule has 2 N–H and O–H groups in total. The predicted octanol–water partition coefficient (Wildman–Crippen LogP) is 2.64. The number of nitro groups is 1. The van der Waals surface area contributed by atoms with Crippen molar-refractivity contribution < 1.29 is 4.92 Å². The zero-order valence-corrected chi connectivity index (χ0v) is 8.38. The van der Waals surface area contributed by atoms with Gasteiger partial charge in [-0.05, 0) is 29.8 Å². The number of nitro benzene ring substituents is 1. The molecule has 79 valence electrons. The highest BCUT2D eigenvalue weighted by Gasteiger charge is 2.06. The fourth-order valence-electron chi connectivity index (χ4n) is 1.47. The minimum absolute atomic E-state index is 0.0739. The van der Waals surface area contributed by atoms with Gasteiger partial charge in [0.15, 0.2) is 0 Å². The zero-order valence-electron chi connectivity index (χ0n) is 8.38. The van der Waals surface area contributed by atoms with Crippen molar-refractivity contribution in [3.8, 4) is 11.1 Å². The van der Waals surface area contributed by atoms with Crippen LogP contribution < -0.4 is 5.73 Å². The van der Waals surface area contributed by atoms with Gasteiger partial charge in [-0.15, -0.1) is 0 Å². The molecule has 2 aromatic rings. The van der Waals surface area contributed by atoms with Gasteiger partial charge in [-0.1, -0.05) is 12.1 Å². The minimum atomic E-state index is -0.425. The van der Waals surface area contributed by atoms with Gasteiger partial charge < -0.3 is 5.73 Å². The van der Waals surface area contributed by atoms with Crippen molar-refractivity contribution in [2.75, 3.05) is 5.73 Å². The summed E-state index contributed by atoms with van der Waals surface area (Å²) in [5.74, 6) is 0. The maximum atomic E-state index is 10.5. The Balaban J connectivity index is 2.43. The van der Waals surface area contributed by atoms with E-state index in [2.05, 4.69) is 6.07 Å². The third-order valence-electron chi connectivity index (χ3n) is 2.29. The van der Waals surface area contributed by atoms with E-state index in [0.717, 1.165) is 11.1 Å². The monoisotopic (exact) mass is 213 g/mol. The number of hydrogen-bond donors (Lipinski definition) is 1. The highest BCUT2D eigenvalue weighted by atomic mass is 16.6. The predicted molar refractivity (Wildman–Crippen MR) is 61.8 cm³/mol. The van der Waals surface area contributed by atoms with Crippen LogP contribution in [0.15, 0.2) is 42.5 Å². The standard InChI is InChI=1S/C12H9N2O2/c13-12-4-2-1-3-11(12)9-5-7-10(8-6-9)14(15)16/h1,3-8H,13H2. The van der Waals surface area contributed by atoms with Gasteiger partial charge in [0.05, 0.1) is 4.92 Å². The van der Waals surface area contributed by atoms with Crippen LogP contribution in [0.4, 0.5) is 11.4 Å². The van der Waals surface area contributed by atoms with E-state index in [9.17, 15) is 10.1 Å². The van der Waals surface area contributed by atoms with Crippen LogP contribution in [0.1, 0.15) is 0 Å². The lowest BCUT2D eigenvalue weighted by Gasteiger charge is -2.04. The molecule has 0 amide bonds. The minimum Gasteiger partial charge on any atom is -0.398 e. The van der Waals surface area contributed by atoms with Crippen molar-refractivity contribution in [1.29, 1.82) is 0 Å². The van der Waals surface area contributed by atoms with E-state index in [1.165, 1.54) is 12.1 Å². The average Bonchev–Trinajstić information content (AvgIpc) is 2.30. The smallest absolute Gasteiger partial charge is 0.269 e. The van der Waals surface area contributed by atoms with E-state index in [1.807, 2.05) is 6.07 Å². The number of anilines is 1. The van der Waals surface area contributed by atoms with Crippen LogP contribution in [0.25, 0.3) is 11.1 Å². The SMILES string of the molecule is Nc1c[c]ccc1-c1ccc([N+](=O)[O-])cc1. The summed E-state index contributed by atoms with van der Waals surface area (Å²) in [5, 5.41) is 10.5. The van der Waals surface area contributed by atoms with Crippen LogP contribution in [-0.4, -0.2) is 4.92 Å². The summed E-state index contributed by atoms with van der Waals surface area (Å²) in [4.78, 5) is 10.1. The zero-order chi connectivity index (χ0) is 11.5. The molecule has 2 aromatic carbocycles. The molecule has 0 fully saturated rings. The fourth-order valence-corrected chi connectivity index (χ4v) is 1.47. The molecule has 0 spiro atoms. The highest BCUT2D eigenvalue weighted by Crippen LogP contribution is 2.26. The van der Waals surface area contributed by atoms with Crippen LogP contribution >= 0.6 is 0 Å². The summed E-state index contributed by atoms with van der Waals surface area (Å²) in [5.41, 5.74) is 8.18. The maximum Gasteiger partial charge on any atom is 0.269 e. The van der Waals surface area contributed by atoms with E-state index in [1.54, 1.807) is 24.3 Å². The molecule has 1 radical (unpaired) electrons. The van der Waals surface area contributed by atoms with Crippen molar-refractivity contribution in [3.63, 3.8) is 0 Å². The molecule has 0 atom stereocenters. The Labute approximate surface area is 92.5 Å². The van der Waals surface area contributed by atoms with Crippen LogP contribution in [0, 0.1) is 16.2 Å². The summed E-state index contributed by atoms with van der Waals surface area (Å²) in [7, 11) is 0. The molecular formula is C12H9N2O2. The van der Waals surface area contributed by atoms with Crippen molar-refractivity contribution in [2.45, 2.75) is 0 Å². The maximum absolute atomic E-state index is 10.5. The number of nitrogen functional groups attached to an aromatic ring is 1. The lowest BCUT2D eigenvalue weighted by atomic mass is 10.0. The number of hydrogen-bond acceptors (Lipinski definition) is 3. The average molecular weight is 213 g/mol.